The molecule has 0 heterocycles. The minimum Gasteiger partial charge on any atom is -0.0840 e. The molecule has 4 saturated carbocycles. The van der Waals surface area contributed by atoms with Gasteiger partial charge in [-0.05, 0) is 79.4 Å². The first-order valence-electron chi connectivity index (χ1n) is 7.21. The number of rotatable bonds is 1. The van der Waals surface area contributed by atoms with Crippen molar-refractivity contribution in [2.75, 3.05) is 0 Å². The van der Waals surface area contributed by atoms with Gasteiger partial charge in [-0.1, -0.05) is 34.8 Å². The first-order chi connectivity index (χ1) is 9.06. The summed E-state index contributed by atoms with van der Waals surface area (Å²) in [6, 6.07) is 3.87. The Morgan fingerprint density at radius 2 is 1.21 bits per heavy atom. The molecule has 102 valence electrons. The zero-order valence-electron chi connectivity index (χ0n) is 10.8. The standard InChI is InChI=1S/C16H17Cl3/c17-13-5-15(19)14(18)4-12(13)16-6-9-1-10(7-16)3-11(2-9)8-16/h4-5,9-11H,1-3,6-8H2. The summed E-state index contributed by atoms with van der Waals surface area (Å²) < 4.78 is 0. The summed E-state index contributed by atoms with van der Waals surface area (Å²) in [5.74, 6) is 2.74. The molecule has 4 fully saturated rings. The summed E-state index contributed by atoms with van der Waals surface area (Å²) >= 11 is 18.8. The fourth-order valence-electron chi connectivity index (χ4n) is 5.37. The average Bonchev–Trinajstić information content (AvgIpc) is 2.32. The largest absolute Gasteiger partial charge is 0.0840 e. The quantitative estimate of drug-likeness (QED) is 0.548. The van der Waals surface area contributed by atoms with Gasteiger partial charge in [0, 0.05) is 5.02 Å². The van der Waals surface area contributed by atoms with E-state index in [9.17, 15) is 0 Å². The third kappa shape index (κ3) is 1.94. The van der Waals surface area contributed by atoms with Crippen LogP contribution in [0.2, 0.25) is 15.1 Å². The molecule has 4 aliphatic carbocycles. The second-order valence-corrected chi connectivity index (χ2v) is 8.17. The molecule has 4 bridgehead atoms. The number of benzene rings is 1. The van der Waals surface area contributed by atoms with Crippen LogP contribution in [0.25, 0.3) is 0 Å². The van der Waals surface area contributed by atoms with Gasteiger partial charge in [0.1, 0.15) is 0 Å². The first kappa shape index (κ1) is 12.8. The van der Waals surface area contributed by atoms with E-state index in [2.05, 4.69) is 0 Å². The van der Waals surface area contributed by atoms with Crippen molar-refractivity contribution in [2.24, 2.45) is 17.8 Å². The van der Waals surface area contributed by atoms with Crippen molar-refractivity contribution >= 4 is 34.8 Å². The third-order valence-corrected chi connectivity index (χ3v) is 6.65. The molecule has 19 heavy (non-hydrogen) atoms. The Bertz CT molecular complexity index is 500. The van der Waals surface area contributed by atoms with Gasteiger partial charge in [-0.15, -0.1) is 0 Å². The molecule has 4 aliphatic rings. The van der Waals surface area contributed by atoms with Crippen LogP contribution < -0.4 is 0 Å². The zero-order valence-corrected chi connectivity index (χ0v) is 13.0. The van der Waals surface area contributed by atoms with Crippen molar-refractivity contribution in [2.45, 2.75) is 43.9 Å². The molecule has 0 spiro atoms. The number of hydrogen-bond donors (Lipinski definition) is 0. The van der Waals surface area contributed by atoms with Gasteiger partial charge in [-0.2, -0.15) is 0 Å². The van der Waals surface area contributed by atoms with Gasteiger partial charge in [0.05, 0.1) is 10.0 Å². The molecule has 1 aromatic carbocycles. The van der Waals surface area contributed by atoms with Gasteiger partial charge >= 0.3 is 0 Å². The maximum absolute atomic E-state index is 6.49. The van der Waals surface area contributed by atoms with E-state index >= 15 is 0 Å². The van der Waals surface area contributed by atoms with Gasteiger partial charge in [-0.25, -0.2) is 0 Å². The SMILES string of the molecule is Clc1cc(Cl)c(C23CC4CC(CC(C4)C2)C3)cc1Cl. The molecular formula is C16H17Cl3. The van der Waals surface area contributed by atoms with E-state index in [0.29, 0.717) is 15.5 Å². The number of hydrogen-bond acceptors (Lipinski definition) is 0. The van der Waals surface area contributed by atoms with Crippen LogP contribution >= 0.6 is 34.8 Å². The van der Waals surface area contributed by atoms with Gasteiger partial charge in [0.2, 0.25) is 0 Å². The lowest BCUT2D eigenvalue weighted by Gasteiger charge is -2.57. The van der Waals surface area contributed by atoms with Crippen LogP contribution in [0.15, 0.2) is 12.1 Å². The Hall–Kier alpha value is 0.0900. The van der Waals surface area contributed by atoms with Crippen LogP contribution in [0.4, 0.5) is 0 Å². The lowest BCUT2D eigenvalue weighted by Crippen LogP contribution is -2.48. The van der Waals surface area contributed by atoms with E-state index in [0.717, 1.165) is 22.8 Å². The highest BCUT2D eigenvalue weighted by Gasteiger charge is 2.52. The minimum absolute atomic E-state index is 0.292. The van der Waals surface area contributed by atoms with Crippen molar-refractivity contribution in [3.05, 3.63) is 32.8 Å². The highest BCUT2D eigenvalue weighted by molar-refractivity contribution is 6.43. The Labute approximate surface area is 129 Å². The van der Waals surface area contributed by atoms with Crippen molar-refractivity contribution in [3.8, 4) is 0 Å². The van der Waals surface area contributed by atoms with Crippen LogP contribution in [-0.2, 0) is 5.41 Å². The average molecular weight is 316 g/mol. The van der Waals surface area contributed by atoms with Crippen LogP contribution in [0.1, 0.15) is 44.1 Å². The van der Waals surface area contributed by atoms with Gasteiger partial charge in [0.25, 0.3) is 0 Å². The molecule has 5 rings (SSSR count). The van der Waals surface area contributed by atoms with Crippen LogP contribution in [0, 0.1) is 17.8 Å². The van der Waals surface area contributed by atoms with Gasteiger partial charge in [0.15, 0.2) is 0 Å². The van der Waals surface area contributed by atoms with Gasteiger partial charge in [-0.3, -0.25) is 0 Å². The Morgan fingerprint density at radius 3 is 1.74 bits per heavy atom. The zero-order chi connectivity index (χ0) is 13.2. The van der Waals surface area contributed by atoms with Crippen LogP contribution in [-0.4, -0.2) is 0 Å². The van der Waals surface area contributed by atoms with Crippen molar-refractivity contribution in [1.82, 2.24) is 0 Å². The summed E-state index contributed by atoms with van der Waals surface area (Å²) in [4.78, 5) is 0. The van der Waals surface area contributed by atoms with Gasteiger partial charge < -0.3 is 0 Å². The maximum Gasteiger partial charge on any atom is 0.0607 e. The predicted molar refractivity (Wildman–Crippen MR) is 81.3 cm³/mol. The van der Waals surface area contributed by atoms with E-state index < -0.39 is 0 Å². The molecule has 1 aromatic rings. The molecule has 0 aliphatic heterocycles. The molecular weight excluding hydrogens is 299 g/mol. The minimum atomic E-state index is 0.292. The molecule has 0 saturated heterocycles. The summed E-state index contributed by atoms with van der Waals surface area (Å²) in [5.41, 5.74) is 1.56. The highest BCUT2D eigenvalue weighted by atomic mass is 35.5. The molecule has 0 atom stereocenters. The molecule has 0 unspecified atom stereocenters. The first-order valence-corrected chi connectivity index (χ1v) is 8.34. The monoisotopic (exact) mass is 314 g/mol. The highest BCUT2D eigenvalue weighted by Crippen LogP contribution is 2.61. The summed E-state index contributed by atoms with van der Waals surface area (Å²) in [6.07, 6.45) is 8.23. The fourth-order valence-corrected chi connectivity index (χ4v) is 6.12. The van der Waals surface area contributed by atoms with Crippen molar-refractivity contribution < 1.29 is 0 Å². The third-order valence-electron chi connectivity index (χ3n) is 5.62. The van der Waals surface area contributed by atoms with Crippen molar-refractivity contribution in [3.63, 3.8) is 0 Å². The van der Waals surface area contributed by atoms with Crippen molar-refractivity contribution in [1.29, 1.82) is 0 Å². The summed E-state index contributed by atoms with van der Waals surface area (Å²) in [5, 5.41) is 2.04. The van der Waals surface area contributed by atoms with E-state index in [-0.39, 0.29) is 0 Å². The second kappa shape index (κ2) is 4.29. The number of halogens is 3. The predicted octanol–water partition coefficient (Wildman–Crippen LogP) is 6.11. The molecule has 0 aromatic heterocycles. The lowest BCUT2D eigenvalue weighted by atomic mass is 9.48. The lowest BCUT2D eigenvalue weighted by molar-refractivity contribution is -0.00513. The van der Waals surface area contributed by atoms with Crippen LogP contribution in [0.3, 0.4) is 0 Å². The molecule has 0 radical (unpaired) electrons. The second-order valence-electron chi connectivity index (χ2n) is 6.94. The topological polar surface area (TPSA) is 0 Å². The fraction of sp³-hybridized carbons (Fsp3) is 0.625. The van der Waals surface area contributed by atoms with E-state index in [4.69, 9.17) is 34.8 Å². The smallest absolute Gasteiger partial charge is 0.0607 e. The maximum atomic E-state index is 6.49. The molecule has 0 amide bonds. The molecule has 0 nitrogen and oxygen atoms in total. The summed E-state index contributed by atoms with van der Waals surface area (Å²) in [6.45, 7) is 0. The van der Waals surface area contributed by atoms with E-state index in [1.54, 1.807) is 0 Å². The van der Waals surface area contributed by atoms with E-state index in [1.165, 1.54) is 44.1 Å². The Morgan fingerprint density at radius 1 is 0.737 bits per heavy atom. The Balaban J connectivity index is 1.81. The molecule has 0 N–H and O–H groups in total. The van der Waals surface area contributed by atoms with E-state index in [1.807, 2.05) is 12.1 Å². The Kier molecular flexibility index (Phi) is 2.89. The summed E-state index contributed by atoms with van der Waals surface area (Å²) in [7, 11) is 0. The molecule has 3 heteroatoms. The van der Waals surface area contributed by atoms with Crippen LogP contribution in [0.5, 0.6) is 0 Å². The normalized spacial score (nSPS) is 39.8.